The van der Waals surface area contributed by atoms with Crippen LogP contribution in [0, 0.1) is 11.3 Å². The molecule has 1 unspecified atom stereocenters. The van der Waals surface area contributed by atoms with Crippen LogP contribution in [0.5, 0.6) is 11.5 Å². The van der Waals surface area contributed by atoms with Crippen LogP contribution in [0.15, 0.2) is 48.5 Å². The van der Waals surface area contributed by atoms with Crippen molar-refractivity contribution in [1.29, 1.82) is 5.26 Å². The quantitative estimate of drug-likeness (QED) is 0.535. The van der Waals surface area contributed by atoms with Crippen LogP contribution in [0.4, 0.5) is 13.2 Å². The van der Waals surface area contributed by atoms with Gasteiger partial charge in [-0.3, -0.25) is 4.79 Å². The summed E-state index contributed by atoms with van der Waals surface area (Å²) in [5, 5.41) is 8.62. The molecule has 0 saturated carbocycles. The van der Waals surface area contributed by atoms with E-state index in [9.17, 15) is 18.0 Å². The van der Waals surface area contributed by atoms with Crippen molar-refractivity contribution < 1.29 is 27.4 Å². The first-order chi connectivity index (χ1) is 14.7. The van der Waals surface area contributed by atoms with Crippen molar-refractivity contribution in [3.05, 3.63) is 65.2 Å². The number of ether oxygens (including phenoxy) is 2. The molecule has 0 radical (unpaired) electrons. The van der Waals surface area contributed by atoms with Gasteiger partial charge in [0.1, 0.15) is 6.07 Å². The Hall–Kier alpha value is -3.47. The molecule has 0 aliphatic heterocycles. The second kappa shape index (κ2) is 10.5. The molecule has 31 heavy (non-hydrogen) atoms. The fraction of sp³-hybridized carbons (Fsp3) is 0.304. The topological polar surface area (TPSA) is 62.6 Å². The molecule has 8 heteroatoms. The Kier molecular flexibility index (Phi) is 8.08. The van der Waals surface area contributed by atoms with E-state index in [1.807, 2.05) is 6.07 Å². The highest BCUT2D eigenvalue weighted by Crippen LogP contribution is 2.32. The summed E-state index contributed by atoms with van der Waals surface area (Å²) in [5.74, 6) is 0.478. The van der Waals surface area contributed by atoms with Gasteiger partial charge in [0.25, 0.3) is 0 Å². The summed E-state index contributed by atoms with van der Waals surface area (Å²) in [6.07, 6.45) is -1.50. The van der Waals surface area contributed by atoms with Gasteiger partial charge in [-0.15, -0.1) is 0 Å². The fourth-order valence-corrected chi connectivity index (χ4v) is 3.06. The van der Waals surface area contributed by atoms with E-state index < -0.39 is 17.8 Å². The van der Waals surface area contributed by atoms with E-state index in [-0.39, 0.29) is 12.5 Å². The number of benzene rings is 2. The molecule has 0 fully saturated rings. The monoisotopic (exact) mass is 432 g/mol. The van der Waals surface area contributed by atoms with Gasteiger partial charge in [-0.25, -0.2) is 0 Å². The van der Waals surface area contributed by atoms with E-state index in [0.29, 0.717) is 29.2 Å². The number of methoxy groups -OCH3 is 1. The van der Waals surface area contributed by atoms with Crippen molar-refractivity contribution in [3.8, 4) is 17.6 Å². The zero-order chi connectivity index (χ0) is 23.0. The molecule has 0 heterocycles. The van der Waals surface area contributed by atoms with Gasteiger partial charge in [-0.2, -0.15) is 18.4 Å². The van der Waals surface area contributed by atoms with E-state index in [1.54, 1.807) is 44.2 Å². The third kappa shape index (κ3) is 6.25. The highest BCUT2D eigenvalue weighted by atomic mass is 19.4. The summed E-state index contributed by atoms with van der Waals surface area (Å²) in [4.78, 5) is 14.2. The Morgan fingerprint density at radius 1 is 1.23 bits per heavy atom. The molecule has 0 aromatic heterocycles. The molecule has 5 nitrogen and oxygen atoms in total. The van der Waals surface area contributed by atoms with Crippen LogP contribution in [0.2, 0.25) is 0 Å². The summed E-state index contributed by atoms with van der Waals surface area (Å²) < 4.78 is 49.5. The molecule has 0 bridgehead atoms. The number of hydrogen-bond acceptors (Lipinski definition) is 4. The lowest BCUT2D eigenvalue weighted by atomic mass is 10.0. The smallest absolute Gasteiger partial charge is 0.416 e. The van der Waals surface area contributed by atoms with E-state index in [4.69, 9.17) is 14.7 Å². The number of carbonyl (C=O) groups excluding carboxylic acids is 1. The lowest BCUT2D eigenvalue weighted by Gasteiger charge is -2.28. The normalized spacial score (nSPS) is 12.3. The van der Waals surface area contributed by atoms with Crippen molar-refractivity contribution in [3.63, 3.8) is 0 Å². The number of alkyl halides is 3. The van der Waals surface area contributed by atoms with Gasteiger partial charge in [0.15, 0.2) is 18.1 Å². The van der Waals surface area contributed by atoms with Crippen molar-refractivity contribution in [2.75, 3.05) is 20.3 Å². The van der Waals surface area contributed by atoms with Crippen LogP contribution < -0.4 is 9.47 Å². The van der Waals surface area contributed by atoms with Crippen LogP contribution in [0.1, 0.15) is 36.6 Å². The Balaban J connectivity index is 2.19. The van der Waals surface area contributed by atoms with E-state index in [0.717, 1.165) is 12.1 Å². The van der Waals surface area contributed by atoms with Gasteiger partial charge in [0, 0.05) is 12.6 Å². The number of halogens is 3. The number of nitriles is 1. The molecule has 0 spiro atoms. The number of amides is 1. The van der Waals surface area contributed by atoms with Crippen LogP contribution >= 0.6 is 0 Å². The lowest BCUT2D eigenvalue weighted by molar-refractivity contribution is -0.137. The average Bonchev–Trinajstić information content (AvgIpc) is 2.76. The standard InChI is InChI=1S/C23H23F3N2O3/c1-4-28(16(2)18-6-5-7-19(15-18)23(24,25)26)22(29)11-9-17-8-10-20(31-13-12-27)21(14-17)30-3/h5-11,14-16H,4,13H2,1-3H3/b11-9+. The third-order valence-electron chi connectivity index (χ3n) is 4.69. The molecule has 2 aromatic carbocycles. The van der Waals surface area contributed by atoms with Gasteiger partial charge in [0.05, 0.1) is 18.7 Å². The molecule has 1 amide bonds. The molecule has 2 rings (SSSR count). The van der Waals surface area contributed by atoms with Gasteiger partial charge >= 0.3 is 6.18 Å². The van der Waals surface area contributed by atoms with Gasteiger partial charge in [0.2, 0.25) is 5.91 Å². The molecule has 0 N–H and O–H groups in total. The number of nitrogens with zero attached hydrogens (tertiary/aromatic N) is 2. The third-order valence-corrected chi connectivity index (χ3v) is 4.69. The molecule has 1 atom stereocenters. The average molecular weight is 432 g/mol. The summed E-state index contributed by atoms with van der Waals surface area (Å²) in [6.45, 7) is 3.66. The molecule has 0 aliphatic rings. The lowest BCUT2D eigenvalue weighted by Crippen LogP contribution is -2.32. The first-order valence-electron chi connectivity index (χ1n) is 9.54. The molecular formula is C23H23F3N2O3. The minimum absolute atomic E-state index is 0.122. The maximum atomic E-state index is 13.0. The van der Waals surface area contributed by atoms with Gasteiger partial charge in [-0.1, -0.05) is 18.2 Å². The minimum atomic E-state index is -4.45. The number of hydrogen-bond donors (Lipinski definition) is 0. The Morgan fingerprint density at radius 2 is 1.97 bits per heavy atom. The predicted octanol–water partition coefficient (Wildman–Crippen LogP) is 5.24. The summed E-state index contributed by atoms with van der Waals surface area (Å²) in [5.41, 5.74) is 0.318. The highest BCUT2D eigenvalue weighted by molar-refractivity contribution is 5.92. The molecular weight excluding hydrogens is 409 g/mol. The largest absolute Gasteiger partial charge is 0.493 e. The van der Waals surface area contributed by atoms with E-state index >= 15 is 0 Å². The minimum Gasteiger partial charge on any atom is -0.493 e. The van der Waals surface area contributed by atoms with E-state index in [1.165, 1.54) is 24.2 Å². The Labute approximate surface area is 179 Å². The summed E-state index contributed by atoms with van der Waals surface area (Å²) >= 11 is 0. The van der Waals surface area contributed by atoms with Crippen molar-refractivity contribution >= 4 is 12.0 Å². The zero-order valence-corrected chi connectivity index (χ0v) is 17.4. The van der Waals surface area contributed by atoms with E-state index in [2.05, 4.69) is 0 Å². The van der Waals surface area contributed by atoms with Crippen LogP contribution in [-0.4, -0.2) is 31.1 Å². The molecule has 2 aromatic rings. The van der Waals surface area contributed by atoms with Crippen molar-refractivity contribution in [2.24, 2.45) is 0 Å². The Bertz CT molecular complexity index is 981. The zero-order valence-electron chi connectivity index (χ0n) is 17.4. The number of carbonyl (C=O) groups is 1. The molecule has 0 aliphatic carbocycles. The van der Waals surface area contributed by atoms with Crippen LogP contribution in [0.3, 0.4) is 0 Å². The van der Waals surface area contributed by atoms with Crippen LogP contribution in [0.25, 0.3) is 6.08 Å². The summed E-state index contributed by atoms with van der Waals surface area (Å²) in [6, 6.07) is 11.3. The number of likely N-dealkylation sites (N-methyl/N-ethyl adjacent to an activating group) is 1. The van der Waals surface area contributed by atoms with Crippen molar-refractivity contribution in [1.82, 2.24) is 4.90 Å². The van der Waals surface area contributed by atoms with Gasteiger partial charge < -0.3 is 14.4 Å². The molecule has 164 valence electrons. The highest BCUT2D eigenvalue weighted by Gasteiger charge is 2.31. The summed E-state index contributed by atoms with van der Waals surface area (Å²) in [7, 11) is 1.46. The maximum Gasteiger partial charge on any atom is 0.416 e. The Morgan fingerprint density at radius 3 is 2.58 bits per heavy atom. The molecule has 0 saturated heterocycles. The van der Waals surface area contributed by atoms with Gasteiger partial charge in [-0.05, 0) is 55.3 Å². The van der Waals surface area contributed by atoms with Crippen LogP contribution in [-0.2, 0) is 11.0 Å². The second-order valence-corrected chi connectivity index (χ2v) is 6.61. The number of rotatable bonds is 8. The van der Waals surface area contributed by atoms with Crippen molar-refractivity contribution in [2.45, 2.75) is 26.1 Å². The fourth-order valence-electron chi connectivity index (χ4n) is 3.06. The SMILES string of the molecule is CCN(C(=O)/C=C/c1ccc(OCC#N)c(OC)c1)C(C)c1cccc(C(F)(F)F)c1. The maximum absolute atomic E-state index is 13.0. The second-order valence-electron chi connectivity index (χ2n) is 6.61. The first-order valence-corrected chi connectivity index (χ1v) is 9.54. The predicted molar refractivity (Wildman–Crippen MR) is 110 cm³/mol. The first kappa shape index (κ1) is 23.8.